The number of nitrogens with one attached hydrogen (secondary N) is 2. The summed E-state index contributed by atoms with van der Waals surface area (Å²) in [5.74, 6) is 1.90. The molecular formula is C17H23N5. The Hall–Kier alpha value is -1.88. The van der Waals surface area contributed by atoms with Crippen LogP contribution in [0.1, 0.15) is 25.7 Å². The largest absolute Gasteiger partial charge is 0.364 e. The van der Waals surface area contributed by atoms with Crippen LogP contribution in [0.4, 0.5) is 11.6 Å². The van der Waals surface area contributed by atoms with Crippen LogP contribution in [0.3, 0.4) is 0 Å². The lowest BCUT2D eigenvalue weighted by Gasteiger charge is -2.24. The lowest BCUT2D eigenvalue weighted by atomic mass is 10.2. The summed E-state index contributed by atoms with van der Waals surface area (Å²) in [7, 11) is 2.12. The third-order valence-electron chi connectivity index (χ3n) is 4.49. The Balaban J connectivity index is 1.65. The van der Waals surface area contributed by atoms with Gasteiger partial charge in [-0.1, -0.05) is 12.1 Å². The van der Waals surface area contributed by atoms with E-state index in [2.05, 4.69) is 22.6 Å². The van der Waals surface area contributed by atoms with Gasteiger partial charge in [0.1, 0.15) is 0 Å². The van der Waals surface area contributed by atoms with Crippen LogP contribution < -0.4 is 15.5 Å². The molecular weight excluding hydrogens is 274 g/mol. The molecule has 0 amide bonds. The number of anilines is 2. The molecule has 1 saturated carbocycles. The fourth-order valence-electron chi connectivity index (χ4n) is 3.10. The minimum atomic E-state index is 0.562. The van der Waals surface area contributed by atoms with Crippen LogP contribution in [0, 0.1) is 0 Å². The second-order valence-electron chi connectivity index (χ2n) is 6.48. The van der Waals surface area contributed by atoms with E-state index in [1.807, 2.05) is 24.3 Å². The highest BCUT2D eigenvalue weighted by atomic mass is 15.2. The molecule has 1 aromatic heterocycles. The van der Waals surface area contributed by atoms with Crippen LogP contribution in [0.15, 0.2) is 24.3 Å². The predicted octanol–water partition coefficient (Wildman–Crippen LogP) is 2.39. The molecule has 22 heavy (non-hydrogen) atoms. The molecule has 1 aromatic carbocycles. The summed E-state index contributed by atoms with van der Waals surface area (Å²) in [4.78, 5) is 11.9. The zero-order valence-electron chi connectivity index (χ0n) is 13.0. The molecule has 5 nitrogen and oxygen atoms in total. The Morgan fingerprint density at radius 2 is 1.95 bits per heavy atom. The van der Waals surface area contributed by atoms with Gasteiger partial charge in [-0.3, -0.25) is 0 Å². The Morgan fingerprint density at radius 1 is 1.18 bits per heavy atom. The van der Waals surface area contributed by atoms with Gasteiger partial charge in [-0.2, -0.15) is 0 Å². The third-order valence-corrected chi connectivity index (χ3v) is 4.49. The van der Waals surface area contributed by atoms with Crippen LogP contribution in [-0.2, 0) is 0 Å². The van der Waals surface area contributed by atoms with Gasteiger partial charge in [0.2, 0.25) is 0 Å². The van der Waals surface area contributed by atoms with E-state index in [9.17, 15) is 0 Å². The minimum absolute atomic E-state index is 0.562. The maximum absolute atomic E-state index is 4.87. The fraction of sp³-hybridized carbons (Fsp3) is 0.529. The van der Waals surface area contributed by atoms with Crippen LogP contribution in [0.2, 0.25) is 0 Å². The monoisotopic (exact) mass is 297 g/mol. The number of aromatic nitrogens is 2. The molecule has 5 heteroatoms. The highest BCUT2D eigenvalue weighted by Gasteiger charge is 2.25. The van der Waals surface area contributed by atoms with E-state index in [1.54, 1.807) is 0 Å². The van der Waals surface area contributed by atoms with Gasteiger partial charge in [0.25, 0.3) is 0 Å². The Bertz CT molecular complexity index is 661. The van der Waals surface area contributed by atoms with Crippen molar-refractivity contribution in [3.63, 3.8) is 0 Å². The molecule has 0 spiro atoms. The van der Waals surface area contributed by atoms with Gasteiger partial charge in [-0.25, -0.2) is 9.97 Å². The summed E-state index contributed by atoms with van der Waals surface area (Å²) >= 11 is 0. The Labute approximate surface area is 131 Å². The molecule has 2 fully saturated rings. The second kappa shape index (κ2) is 5.72. The van der Waals surface area contributed by atoms with Crippen molar-refractivity contribution in [1.29, 1.82) is 0 Å². The van der Waals surface area contributed by atoms with Gasteiger partial charge < -0.3 is 15.5 Å². The molecule has 0 radical (unpaired) electrons. The van der Waals surface area contributed by atoms with Crippen LogP contribution >= 0.6 is 0 Å². The molecule has 2 aliphatic rings. The van der Waals surface area contributed by atoms with E-state index in [0.717, 1.165) is 35.8 Å². The van der Waals surface area contributed by atoms with Crippen LogP contribution in [-0.4, -0.2) is 42.2 Å². The van der Waals surface area contributed by atoms with E-state index >= 15 is 0 Å². The summed E-state index contributed by atoms with van der Waals surface area (Å²) in [6.45, 7) is 2.11. The summed E-state index contributed by atoms with van der Waals surface area (Å²) in [5.41, 5.74) is 1.92. The average molecular weight is 297 g/mol. The average Bonchev–Trinajstić information content (AvgIpc) is 3.20. The lowest BCUT2D eigenvalue weighted by Crippen LogP contribution is -2.36. The zero-order chi connectivity index (χ0) is 14.9. The first kappa shape index (κ1) is 13.8. The highest BCUT2D eigenvalue weighted by molar-refractivity contribution is 5.80. The van der Waals surface area contributed by atoms with Crippen molar-refractivity contribution in [2.24, 2.45) is 0 Å². The molecule has 0 unspecified atom stereocenters. The highest BCUT2D eigenvalue weighted by Crippen LogP contribution is 2.30. The van der Waals surface area contributed by atoms with Crippen molar-refractivity contribution in [1.82, 2.24) is 15.3 Å². The van der Waals surface area contributed by atoms with Crippen molar-refractivity contribution < 1.29 is 0 Å². The Morgan fingerprint density at radius 3 is 2.64 bits per heavy atom. The zero-order valence-corrected chi connectivity index (χ0v) is 13.0. The molecule has 4 rings (SSSR count). The van der Waals surface area contributed by atoms with Crippen LogP contribution in [0.25, 0.3) is 11.0 Å². The van der Waals surface area contributed by atoms with Gasteiger partial charge in [0, 0.05) is 25.7 Å². The predicted molar refractivity (Wildman–Crippen MR) is 90.5 cm³/mol. The van der Waals surface area contributed by atoms with Crippen molar-refractivity contribution >= 4 is 22.7 Å². The minimum Gasteiger partial charge on any atom is -0.364 e. The molecule has 0 bridgehead atoms. The lowest BCUT2D eigenvalue weighted by molar-refractivity contribution is 0.597. The number of hydrogen-bond donors (Lipinski definition) is 2. The quantitative estimate of drug-likeness (QED) is 0.887. The first-order chi connectivity index (χ1) is 10.8. The van der Waals surface area contributed by atoms with Crippen molar-refractivity contribution in [2.75, 3.05) is 30.4 Å². The second-order valence-corrected chi connectivity index (χ2v) is 6.48. The normalized spacial score (nSPS) is 21.2. The first-order valence-electron chi connectivity index (χ1n) is 8.27. The molecule has 2 aromatic rings. The maximum atomic E-state index is 4.87. The number of fused-ring (bicyclic) bond motifs is 1. The summed E-state index contributed by atoms with van der Waals surface area (Å²) in [6.07, 6.45) is 5.00. The number of hydrogen-bond acceptors (Lipinski definition) is 5. The molecule has 2 heterocycles. The SMILES string of the molecule is CN(C[C@H]1CCCN1)c1nc2ccccc2nc1NC1CC1. The van der Waals surface area contributed by atoms with Crippen molar-refractivity contribution in [2.45, 2.75) is 37.8 Å². The molecule has 1 aliphatic heterocycles. The van der Waals surface area contributed by atoms with Gasteiger partial charge >= 0.3 is 0 Å². The van der Waals surface area contributed by atoms with E-state index in [0.29, 0.717) is 12.1 Å². The molecule has 2 N–H and O–H groups in total. The van der Waals surface area contributed by atoms with E-state index < -0.39 is 0 Å². The standard InChI is InChI=1S/C17H23N5/c1-22(11-13-5-4-10-18-13)17-16(19-12-8-9-12)20-14-6-2-3-7-15(14)21-17/h2-3,6-7,12-13,18H,4-5,8-11H2,1H3,(H,19,20)/t13-/m1/s1. The van der Waals surface area contributed by atoms with E-state index in [4.69, 9.17) is 9.97 Å². The summed E-state index contributed by atoms with van der Waals surface area (Å²) < 4.78 is 0. The van der Waals surface area contributed by atoms with E-state index in [-0.39, 0.29) is 0 Å². The number of likely N-dealkylation sites (N-methyl/N-ethyl adjacent to an activating group) is 1. The van der Waals surface area contributed by atoms with Gasteiger partial charge in [0.05, 0.1) is 11.0 Å². The number of benzene rings is 1. The molecule has 1 atom stereocenters. The number of nitrogens with zero attached hydrogens (tertiary/aromatic N) is 3. The smallest absolute Gasteiger partial charge is 0.172 e. The maximum Gasteiger partial charge on any atom is 0.172 e. The molecule has 116 valence electrons. The van der Waals surface area contributed by atoms with Crippen LogP contribution in [0.5, 0.6) is 0 Å². The van der Waals surface area contributed by atoms with Gasteiger partial charge in [-0.15, -0.1) is 0 Å². The summed E-state index contributed by atoms with van der Waals surface area (Å²) in [5, 5.41) is 7.10. The number of rotatable bonds is 5. The summed E-state index contributed by atoms with van der Waals surface area (Å²) in [6, 6.07) is 9.24. The van der Waals surface area contributed by atoms with Crippen molar-refractivity contribution in [3.8, 4) is 0 Å². The Kier molecular flexibility index (Phi) is 3.58. The van der Waals surface area contributed by atoms with Gasteiger partial charge in [0.15, 0.2) is 11.6 Å². The fourth-order valence-corrected chi connectivity index (χ4v) is 3.10. The topological polar surface area (TPSA) is 53.1 Å². The number of para-hydroxylation sites is 2. The molecule has 1 saturated heterocycles. The third kappa shape index (κ3) is 2.86. The van der Waals surface area contributed by atoms with Gasteiger partial charge in [-0.05, 0) is 44.4 Å². The molecule has 1 aliphatic carbocycles. The first-order valence-corrected chi connectivity index (χ1v) is 8.27. The van der Waals surface area contributed by atoms with E-state index in [1.165, 1.54) is 25.7 Å². The van der Waals surface area contributed by atoms with Crippen molar-refractivity contribution in [3.05, 3.63) is 24.3 Å².